The van der Waals surface area contributed by atoms with Crippen molar-refractivity contribution in [1.82, 2.24) is 4.72 Å². The van der Waals surface area contributed by atoms with Gasteiger partial charge in [0.1, 0.15) is 0 Å². The van der Waals surface area contributed by atoms with E-state index < -0.39 is 10.0 Å². The maximum absolute atomic E-state index is 12.1. The lowest BCUT2D eigenvalue weighted by Gasteiger charge is -2.10. The van der Waals surface area contributed by atoms with E-state index in [4.69, 9.17) is 0 Å². The fourth-order valence-electron chi connectivity index (χ4n) is 1.42. The summed E-state index contributed by atoms with van der Waals surface area (Å²) in [6.07, 6.45) is 0.840. The van der Waals surface area contributed by atoms with Crippen LogP contribution < -0.4 is 4.72 Å². The van der Waals surface area contributed by atoms with Gasteiger partial charge in [0.2, 0.25) is 10.0 Å². The molecule has 0 fully saturated rings. The third-order valence-corrected chi connectivity index (χ3v) is 4.55. The second-order valence-electron chi connectivity index (χ2n) is 4.49. The van der Waals surface area contributed by atoms with E-state index in [1.165, 1.54) is 0 Å². The second-order valence-corrected chi connectivity index (χ2v) is 7.14. The van der Waals surface area contributed by atoms with Crippen molar-refractivity contribution in [3.63, 3.8) is 0 Å². The predicted octanol–water partition coefficient (Wildman–Crippen LogP) is 3.08. The van der Waals surface area contributed by atoms with E-state index in [9.17, 15) is 8.42 Å². The molecule has 0 spiro atoms. The number of hydrogen-bond acceptors (Lipinski definition) is 2. The van der Waals surface area contributed by atoms with E-state index in [0.717, 1.165) is 16.5 Å². The van der Waals surface area contributed by atoms with Crippen LogP contribution in [-0.2, 0) is 10.0 Å². The normalized spacial score (nSPS) is 12.1. The molecule has 0 aliphatic rings. The van der Waals surface area contributed by atoms with Crippen LogP contribution in [-0.4, -0.2) is 15.0 Å². The number of nitrogens with one attached hydrogen (secondary N) is 1. The molecule has 0 radical (unpaired) electrons. The molecule has 3 nitrogen and oxygen atoms in total. The fourth-order valence-corrected chi connectivity index (χ4v) is 3.25. The van der Waals surface area contributed by atoms with Crippen molar-refractivity contribution in [2.24, 2.45) is 5.92 Å². The lowest BCUT2D eigenvalue weighted by Crippen LogP contribution is -2.26. The second kappa shape index (κ2) is 5.98. The van der Waals surface area contributed by atoms with Gasteiger partial charge in [-0.25, -0.2) is 13.1 Å². The van der Waals surface area contributed by atoms with Gasteiger partial charge < -0.3 is 0 Å². The van der Waals surface area contributed by atoms with Gasteiger partial charge in [-0.3, -0.25) is 0 Å². The molecule has 0 heterocycles. The molecule has 0 bridgehead atoms. The predicted molar refractivity (Wildman–Crippen MR) is 73.5 cm³/mol. The number of halogens is 1. The Morgan fingerprint density at radius 2 is 2.00 bits per heavy atom. The molecule has 0 aliphatic carbocycles. The van der Waals surface area contributed by atoms with Crippen LogP contribution in [0.5, 0.6) is 0 Å². The maximum Gasteiger partial charge on any atom is 0.240 e. The first-order valence-electron chi connectivity index (χ1n) is 5.59. The average molecular weight is 320 g/mol. The van der Waals surface area contributed by atoms with Crippen LogP contribution >= 0.6 is 15.9 Å². The maximum atomic E-state index is 12.1. The smallest absolute Gasteiger partial charge is 0.211 e. The minimum atomic E-state index is -3.39. The Hall–Kier alpha value is -0.390. The van der Waals surface area contributed by atoms with Gasteiger partial charge in [-0.2, -0.15) is 0 Å². The van der Waals surface area contributed by atoms with Crippen molar-refractivity contribution in [1.29, 1.82) is 0 Å². The Labute approximate surface area is 112 Å². The minimum Gasteiger partial charge on any atom is -0.211 e. The van der Waals surface area contributed by atoms with Gasteiger partial charge in [-0.1, -0.05) is 35.8 Å². The number of hydrogen-bond donors (Lipinski definition) is 1. The molecule has 0 saturated heterocycles. The Bertz CT molecular complexity index is 483. The van der Waals surface area contributed by atoms with Crippen LogP contribution in [0, 0.1) is 12.8 Å². The van der Waals surface area contributed by atoms with Crippen LogP contribution in [0.1, 0.15) is 25.8 Å². The fraction of sp³-hybridized carbons (Fsp3) is 0.500. The van der Waals surface area contributed by atoms with Crippen molar-refractivity contribution in [2.75, 3.05) is 6.54 Å². The monoisotopic (exact) mass is 319 g/mol. The number of benzene rings is 1. The molecule has 17 heavy (non-hydrogen) atoms. The molecule has 1 N–H and O–H groups in total. The summed E-state index contributed by atoms with van der Waals surface area (Å²) in [5.74, 6) is 0.487. The van der Waals surface area contributed by atoms with Crippen LogP contribution in [0.25, 0.3) is 0 Å². The number of rotatable bonds is 5. The standard InChI is InChI=1S/C12H18BrNO2S/c1-9(2)6-7-14-17(15,16)12-8-11(13)5-4-10(12)3/h4-5,8-9,14H,6-7H2,1-3H3. The summed E-state index contributed by atoms with van der Waals surface area (Å²) in [6, 6.07) is 5.26. The summed E-state index contributed by atoms with van der Waals surface area (Å²) < 4.78 is 27.5. The highest BCUT2D eigenvalue weighted by Gasteiger charge is 2.16. The first kappa shape index (κ1) is 14.7. The van der Waals surface area contributed by atoms with Crippen molar-refractivity contribution in [3.8, 4) is 0 Å². The zero-order valence-corrected chi connectivity index (χ0v) is 12.7. The van der Waals surface area contributed by atoms with Crippen molar-refractivity contribution < 1.29 is 8.42 Å². The zero-order valence-electron chi connectivity index (χ0n) is 10.3. The molecule has 0 unspecified atom stereocenters. The van der Waals surface area contributed by atoms with E-state index >= 15 is 0 Å². The molecule has 1 aromatic rings. The molecule has 0 saturated carbocycles. The topological polar surface area (TPSA) is 46.2 Å². The van der Waals surface area contributed by atoms with Crippen LogP contribution in [0.3, 0.4) is 0 Å². The Morgan fingerprint density at radius 3 is 2.59 bits per heavy atom. The van der Waals surface area contributed by atoms with Gasteiger partial charge in [0.15, 0.2) is 0 Å². The van der Waals surface area contributed by atoms with Gasteiger partial charge in [0, 0.05) is 11.0 Å². The summed E-state index contributed by atoms with van der Waals surface area (Å²) in [4.78, 5) is 0.343. The molecule has 0 aromatic heterocycles. The van der Waals surface area contributed by atoms with Gasteiger partial charge in [-0.05, 0) is 37.0 Å². The summed E-state index contributed by atoms with van der Waals surface area (Å²) in [5, 5.41) is 0. The van der Waals surface area contributed by atoms with Crippen LogP contribution in [0.2, 0.25) is 0 Å². The SMILES string of the molecule is Cc1ccc(Br)cc1S(=O)(=O)NCCC(C)C. The average Bonchev–Trinajstić information content (AvgIpc) is 2.20. The highest BCUT2D eigenvalue weighted by atomic mass is 79.9. The Morgan fingerprint density at radius 1 is 1.35 bits per heavy atom. The zero-order chi connectivity index (χ0) is 13.1. The minimum absolute atomic E-state index is 0.343. The highest BCUT2D eigenvalue weighted by Crippen LogP contribution is 2.20. The molecular formula is C12H18BrNO2S. The highest BCUT2D eigenvalue weighted by molar-refractivity contribution is 9.10. The summed E-state index contributed by atoms with van der Waals surface area (Å²) in [6.45, 7) is 6.41. The molecule has 0 atom stereocenters. The van der Waals surface area contributed by atoms with E-state index in [1.807, 2.05) is 6.07 Å². The van der Waals surface area contributed by atoms with E-state index in [-0.39, 0.29) is 0 Å². The van der Waals surface area contributed by atoms with Gasteiger partial charge >= 0.3 is 0 Å². The van der Waals surface area contributed by atoms with Crippen molar-refractivity contribution in [2.45, 2.75) is 32.1 Å². The summed E-state index contributed by atoms with van der Waals surface area (Å²) in [7, 11) is -3.39. The van der Waals surface area contributed by atoms with E-state index in [1.54, 1.807) is 19.1 Å². The van der Waals surface area contributed by atoms with E-state index in [0.29, 0.717) is 17.4 Å². The van der Waals surface area contributed by atoms with Crippen molar-refractivity contribution >= 4 is 26.0 Å². The molecular weight excluding hydrogens is 302 g/mol. The molecule has 1 rings (SSSR count). The third-order valence-electron chi connectivity index (χ3n) is 2.45. The van der Waals surface area contributed by atoms with Gasteiger partial charge in [0.25, 0.3) is 0 Å². The number of sulfonamides is 1. The van der Waals surface area contributed by atoms with E-state index in [2.05, 4.69) is 34.5 Å². The largest absolute Gasteiger partial charge is 0.240 e. The molecule has 0 aliphatic heterocycles. The van der Waals surface area contributed by atoms with Gasteiger partial charge in [-0.15, -0.1) is 0 Å². The summed E-state index contributed by atoms with van der Waals surface area (Å²) in [5.41, 5.74) is 0.755. The number of aryl methyl sites for hydroxylation is 1. The summed E-state index contributed by atoms with van der Waals surface area (Å²) >= 11 is 3.29. The van der Waals surface area contributed by atoms with Gasteiger partial charge in [0.05, 0.1) is 4.90 Å². The van der Waals surface area contributed by atoms with Crippen molar-refractivity contribution in [3.05, 3.63) is 28.2 Å². The van der Waals surface area contributed by atoms with Crippen LogP contribution in [0.15, 0.2) is 27.6 Å². The Balaban J connectivity index is 2.86. The molecule has 5 heteroatoms. The molecule has 1 aromatic carbocycles. The first-order chi connectivity index (χ1) is 7.83. The molecule has 0 amide bonds. The van der Waals surface area contributed by atoms with Crippen LogP contribution in [0.4, 0.5) is 0 Å². The quantitative estimate of drug-likeness (QED) is 0.906. The first-order valence-corrected chi connectivity index (χ1v) is 7.86. The molecule has 96 valence electrons. The lowest BCUT2D eigenvalue weighted by atomic mass is 10.1. The Kier molecular flexibility index (Phi) is 5.16. The lowest BCUT2D eigenvalue weighted by molar-refractivity contribution is 0.551. The third kappa shape index (κ3) is 4.41.